The van der Waals surface area contributed by atoms with Gasteiger partial charge in [-0.3, -0.25) is 4.79 Å². The standard InChI is InChI=1S/C10H16O2/c1-7(11)5-10(12)6-8-2-3-9(10)4-8/h8-9,12H,2-6H2,1H3. The van der Waals surface area contributed by atoms with Gasteiger partial charge in [-0.1, -0.05) is 0 Å². The first kappa shape index (κ1) is 8.24. The third-order valence-electron chi connectivity index (χ3n) is 3.50. The molecule has 3 unspecified atom stereocenters. The van der Waals surface area contributed by atoms with Crippen LogP contribution in [-0.2, 0) is 4.79 Å². The molecule has 2 fully saturated rings. The Hall–Kier alpha value is -0.370. The van der Waals surface area contributed by atoms with E-state index in [9.17, 15) is 9.90 Å². The maximum Gasteiger partial charge on any atom is 0.132 e. The van der Waals surface area contributed by atoms with Crippen LogP contribution in [0.5, 0.6) is 0 Å². The van der Waals surface area contributed by atoms with Crippen molar-refractivity contribution in [3.8, 4) is 0 Å². The van der Waals surface area contributed by atoms with Crippen LogP contribution in [-0.4, -0.2) is 16.5 Å². The molecule has 0 saturated heterocycles. The van der Waals surface area contributed by atoms with Gasteiger partial charge in [0, 0.05) is 6.42 Å². The molecule has 12 heavy (non-hydrogen) atoms. The summed E-state index contributed by atoms with van der Waals surface area (Å²) in [7, 11) is 0. The van der Waals surface area contributed by atoms with Gasteiger partial charge in [-0.15, -0.1) is 0 Å². The summed E-state index contributed by atoms with van der Waals surface area (Å²) in [4.78, 5) is 10.9. The van der Waals surface area contributed by atoms with Crippen LogP contribution in [0.15, 0.2) is 0 Å². The third kappa shape index (κ3) is 1.18. The lowest BCUT2D eigenvalue weighted by atomic mass is 9.81. The Morgan fingerprint density at radius 2 is 2.33 bits per heavy atom. The lowest BCUT2D eigenvalue weighted by Gasteiger charge is -2.31. The minimum Gasteiger partial charge on any atom is -0.389 e. The summed E-state index contributed by atoms with van der Waals surface area (Å²) in [5.41, 5.74) is -0.616. The second kappa shape index (κ2) is 2.56. The molecular weight excluding hydrogens is 152 g/mol. The fraction of sp³-hybridized carbons (Fsp3) is 0.900. The van der Waals surface area contributed by atoms with Crippen molar-refractivity contribution in [3.63, 3.8) is 0 Å². The van der Waals surface area contributed by atoms with E-state index in [1.807, 2.05) is 0 Å². The fourth-order valence-corrected chi connectivity index (χ4v) is 3.06. The van der Waals surface area contributed by atoms with Gasteiger partial charge >= 0.3 is 0 Å². The minimum absolute atomic E-state index is 0.130. The molecule has 0 spiro atoms. The van der Waals surface area contributed by atoms with Crippen molar-refractivity contribution in [2.75, 3.05) is 0 Å². The molecule has 2 aliphatic rings. The Morgan fingerprint density at radius 1 is 1.58 bits per heavy atom. The number of carbonyl (C=O) groups is 1. The molecule has 2 rings (SSSR count). The van der Waals surface area contributed by atoms with Crippen LogP contribution in [0.3, 0.4) is 0 Å². The third-order valence-corrected chi connectivity index (χ3v) is 3.50. The van der Waals surface area contributed by atoms with Crippen LogP contribution in [0.25, 0.3) is 0 Å². The van der Waals surface area contributed by atoms with Crippen LogP contribution in [0, 0.1) is 11.8 Å². The first-order chi connectivity index (χ1) is 5.60. The molecule has 0 aromatic heterocycles. The Bertz CT molecular complexity index is 212. The molecule has 3 atom stereocenters. The summed E-state index contributed by atoms with van der Waals surface area (Å²) in [6.07, 6.45) is 4.81. The zero-order chi connectivity index (χ0) is 8.77. The Balaban J connectivity index is 2.07. The molecule has 0 aromatic carbocycles. The summed E-state index contributed by atoms with van der Waals surface area (Å²) in [5.74, 6) is 1.26. The predicted octanol–water partition coefficient (Wildman–Crippen LogP) is 1.52. The summed E-state index contributed by atoms with van der Waals surface area (Å²) >= 11 is 0. The highest BCUT2D eigenvalue weighted by Gasteiger charge is 2.50. The summed E-state index contributed by atoms with van der Waals surface area (Å²) in [6, 6.07) is 0. The maximum atomic E-state index is 10.9. The van der Waals surface area contributed by atoms with Crippen molar-refractivity contribution in [2.24, 2.45) is 11.8 Å². The van der Waals surface area contributed by atoms with Gasteiger partial charge in [-0.25, -0.2) is 0 Å². The topological polar surface area (TPSA) is 37.3 Å². The Kier molecular flexibility index (Phi) is 1.76. The van der Waals surface area contributed by atoms with E-state index in [0.717, 1.165) is 19.3 Å². The molecular formula is C10H16O2. The van der Waals surface area contributed by atoms with E-state index in [0.29, 0.717) is 18.3 Å². The van der Waals surface area contributed by atoms with Gasteiger partial charge in [0.1, 0.15) is 5.78 Å². The lowest BCUT2D eigenvalue weighted by Crippen LogP contribution is -2.36. The number of Topliss-reactive ketones (excluding diaryl/α,β-unsaturated/α-hetero) is 1. The zero-order valence-corrected chi connectivity index (χ0v) is 7.55. The lowest BCUT2D eigenvalue weighted by molar-refractivity contribution is -0.124. The highest BCUT2D eigenvalue weighted by atomic mass is 16.3. The number of rotatable bonds is 2. The molecule has 0 aromatic rings. The second-order valence-corrected chi connectivity index (χ2v) is 4.56. The number of hydrogen-bond acceptors (Lipinski definition) is 2. The van der Waals surface area contributed by atoms with Crippen LogP contribution < -0.4 is 0 Å². The first-order valence-corrected chi connectivity index (χ1v) is 4.82. The van der Waals surface area contributed by atoms with Gasteiger partial charge in [0.25, 0.3) is 0 Å². The van der Waals surface area contributed by atoms with Gasteiger partial charge in [-0.2, -0.15) is 0 Å². The Labute approximate surface area is 73.0 Å². The van der Waals surface area contributed by atoms with Crippen LogP contribution >= 0.6 is 0 Å². The van der Waals surface area contributed by atoms with Crippen molar-refractivity contribution in [3.05, 3.63) is 0 Å². The van der Waals surface area contributed by atoms with E-state index in [1.165, 1.54) is 6.42 Å². The largest absolute Gasteiger partial charge is 0.389 e. The minimum atomic E-state index is -0.616. The van der Waals surface area contributed by atoms with Gasteiger partial charge in [0.05, 0.1) is 5.60 Å². The van der Waals surface area contributed by atoms with E-state index < -0.39 is 5.60 Å². The quantitative estimate of drug-likeness (QED) is 0.678. The molecule has 2 heteroatoms. The van der Waals surface area contributed by atoms with Gasteiger partial charge in [0.2, 0.25) is 0 Å². The molecule has 0 aliphatic heterocycles. The van der Waals surface area contributed by atoms with E-state index in [2.05, 4.69) is 0 Å². The summed E-state index contributed by atoms with van der Waals surface area (Å²) < 4.78 is 0. The molecule has 2 saturated carbocycles. The highest BCUT2D eigenvalue weighted by Crippen LogP contribution is 2.52. The van der Waals surface area contributed by atoms with E-state index in [1.54, 1.807) is 6.92 Å². The molecule has 2 bridgehead atoms. The molecule has 2 aliphatic carbocycles. The van der Waals surface area contributed by atoms with Crippen molar-refractivity contribution in [1.82, 2.24) is 0 Å². The van der Waals surface area contributed by atoms with Crippen molar-refractivity contribution in [1.29, 1.82) is 0 Å². The molecule has 0 amide bonds. The molecule has 2 nitrogen and oxygen atoms in total. The Morgan fingerprint density at radius 3 is 2.75 bits per heavy atom. The van der Waals surface area contributed by atoms with Crippen molar-refractivity contribution >= 4 is 5.78 Å². The van der Waals surface area contributed by atoms with Crippen LogP contribution in [0.2, 0.25) is 0 Å². The van der Waals surface area contributed by atoms with Crippen molar-refractivity contribution < 1.29 is 9.90 Å². The summed E-state index contributed by atoms with van der Waals surface area (Å²) in [6.45, 7) is 1.57. The average molecular weight is 168 g/mol. The van der Waals surface area contributed by atoms with Crippen LogP contribution in [0.4, 0.5) is 0 Å². The molecule has 0 radical (unpaired) electrons. The van der Waals surface area contributed by atoms with Crippen LogP contribution in [0.1, 0.15) is 39.0 Å². The fourth-order valence-electron chi connectivity index (χ4n) is 3.06. The number of hydrogen-bond donors (Lipinski definition) is 1. The van der Waals surface area contributed by atoms with Gasteiger partial charge in [0.15, 0.2) is 0 Å². The number of fused-ring (bicyclic) bond motifs is 2. The van der Waals surface area contributed by atoms with Gasteiger partial charge < -0.3 is 5.11 Å². The second-order valence-electron chi connectivity index (χ2n) is 4.56. The zero-order valence-electron chi connectivity index (χ0n) is 7.55. The normalized spacial score (nSPS) is 45.2. The smallest absolute Gasteiger partial charge is 0.132 e. The molecule has 0 heterocycles. The average Bonchev–Trinajstić information content (AvgIpc) is 2.42. The predicted molar refractivity (Wildman–Crippen MR) is 45.7 cm³/mol. The van der Waals surface area contributed by atoms with E-state index in [-0.39, 0.29) is 5.78 Å². The first-order valence-electron chi connectivity index (χ1n) is 4.82. The number of carbonyl (C=O) groups excluding carboxylic acids is 1. The van der Waals surface area contributed by atoms with E-state index >= 15 is 0 Å². The molecule has 68 valence electrons. The number of aliphatic hydroxyl groups is 1. The van der Waals surface area contributed by atoms with Crippen molar-refractivity contribution in [2.45, 2.75) is 44.6 Å². The van der Waals surface area contributed by atoms with E-state index in [4.69, 9.17) is 0 Å². The summed E-state index contributed by atoms with van der Waals surface area (Å²) in [5, 5.41) is 10.1. The maximum absolute atomic E-state index is 10.9. The number of ketones is 1. The van der Waals surface area contributed by atoms with Gasteiger partial charge in [-0.05, 0) is 44.4 Å². The monoisotopic (exact) mass is 168 g/mol. The highest BCUT2D eigenvalue weighted by molar-refractivity contribution is 5.76. The molecule has 1 N–H and O–H groups in total. The SMILES string of the molecule is CC(=O)CC1(O)CC2CCC1C2.